The number of benzene rings is 1. The summed E-state index contributed by atoms with van der Waals surface area (Å²) in [5.74, 6) is 0.724. The van der Waals surface area contributed by atoms with Crippen LogP contribution in [-0.2, 0) is 13.0 Å². The summed E-state index contributed by atoms with van der Waals surface area (Å²) in [6.07, 6.45) is 6.15. The van der Waals surface area contributed by atoms with E-state index in [2.05, 4.69) is 34.8 Å². The third kappa shape index (κ3) is 2.75. The molecule has 2 heterocycles. The Bertz CT molecular complexity index is 748. The van der Waals surface area contributed by atoms with Crippen molar-refractivity contribution in [3.05, 3.63) is 36.2 Å². The van der Waals surface area contributed by atoms with E-state index >= 15 is 0 Å². The first-order chi connectivity index (χ1) is 10.3. The van der Waals surface area contributed by atoms with Crippen LogP contribution in [0.4, 0.5) is 0 Å². The molecule has 0 aliphatic heterocycles. The Morgan fingerprint density at radius 3 is 2.81 bits per heavy atom. The zero-order valence-electron chi connectivity index (χ0n) is 12.3. The topological polar surface area (TPSA) is 30.7 Å². The molecule has 0 saturated carbocycles. The first kappa shape index (κ1) is 14.3. The highest BCUT2D eigenvalue weighted by Crippen LogP contribution is 2.27. The third-order valence-electron chi connectivity index (χ3n) is 3.82. The van der Waals surface area contributed by atoms with E-state index in [1.165, 1.54) is 16.5 Å². The third-order valence-corrected chi connectivity index (χ3v) is 4.08. The lowest BCUT2D eigenvalue weighted by atomic mass is 10.1. The Morgan fingerprint density at radius 1 is 1.14 bits per heavy atom. The molecule has 0 spiro atoms. The number of hydrogen-bond donors (Lipinski definition) is 0. The first-order valence-electron chi connectivity index (χ1n) is 7.64. The zero-order chi connectivity index (χ0) is 14.7. The molecule has 110 valence electrons. The number of hydrogen-bond acceptors (Lipinski definition) is 2. The van der Waals surface area contributed by atoms with Gasteiger partial charge in [0.25, 0.3) is 0 Å². The minimum atomic E-state index is 0.724. The van der Waals surface area contributed by atoms with Crippen molar-refractivity contribution in [2.75, 3.05) is 5.88 Å². The second-order valence-corrected chi connectivity index (χ2v) is 5.73. The highest BCUT2D eigenvalue weighted by Gasteiger charge is 2.14. The molecule has 0 radical (unpaired) electrons. The fourth-order valence-electron chi connectivity index (χ4n) is 2.87. The molecule has 0 bridgehead atoms. The molecule has 0 saturated heterocycles. The predicted molar refractivity (Wildman–Crippen MR) is 89.0 cm³/mol. The quantitative estimate of drug-likeness (QED) is 0.494. The Hall–Kier alpha value is -1.61. The van der Waals surface area contributed by atoms with Gasteiger partial charge in [-0.25, -0.2) is 0 Å². The molecule has 4 heteroatoms. The van der Waals surface area contributed by atoms with Crippen molar-refractivity contribution >= 4 is 33.4 Å². The molecule has 0 atom stereocenters. The average molecular weight is 302 g/mol. The summed E-state index contributed by atoms with van der Waals surface area (Å²) in [5.41, 5.74) is 3.37. The minimum absolute atomic E-state index is 0.724. The standard InChI is InChI=1S/C17H20ClN3/c1-2-11-21-16(9-5-6-10-18)17-13-7-3-4-8-14(13)19-12-15(17)20-21/h3-4,7-8,12H,2,5-6,9-11H2,1H3. The molecule has 2 aromatic heterocycles. The van der Waals surface area contributed by atoms with Crippen LogP contribution >= 0.6 is 11.6 Å². The van der Waals surface area contributed by atoms with Gasteiger partial charge in [-0.2, -0.15) is 5.10 Å². The van der Waals surface area contributed by atoms with Crippen LogP contribution in [0.3, 0.4) is 0 Å². The summed E-state index contributed by atoms with van der Waals surface area (Å²) in [7, 11) is 0. The number of rotatable bonds is 6. The molecule has 0 aliphatic carbocycles. The molecule has 0 aliphatic rings. The van der Waals surface area contributed by atoms with Gasteiger partial charge in [0.05, 0.1) is 11.7 Å². The maximum atomic E-state index is 5.82. The van der Waals surface area contributed by atoms with Gasteiger partial charge in [0.2, 0.25) is 0 Å². The number of fused-ring (bicyclic) bond motifs is 3. The Labute approximate surface area is 129 Å². The summed E-state index contributed by atoms with van der Waals surface area (Å²) in [4.78, 5) is 4.52. The molecule has 1 aromatic carbocycles. The van der Waals surface area contributed by atoms with E-state index in [1.807, 2.05) is 12.3 Å². The lowest BCUT2D eigenvalue weighted by Crippen LogP contribution is -2.04. The number of unbranched alkanes of at least 4 members (excludes halogenated alkanes) is 1. The van der Waals surface area contributed by atoms with Crippen molar-refractivity contribution in [3.63, 3.8) is 0 Å². The van der Waals surface area contributed by atoms with Crippen LogP contribution in [0.25, 0.3) is 21.8 Å². The van der Waals surface area contributed by atoms with Crippen molar-refractivity contribution in [2.24, 2.45) is 0 Å². The van der Waals surface area contributed by atoms with Crippen LogP contribution in [0.5, 0.6) is 0 Å². The number of para-hydroxylation sites is 1. The van der Waals surface area contributed by atoms with Crippen molar-refractivity contribution in [1.29, 1.82) is 0 Å². The van der Waals surface area contributed by atoms with Crippen molar-refractivity contribution < 1.29 is 0 Å². The van der Waals surface area contributed by atoms with Crippen LogP contribution in [0.15, 0.2) is 30.5 Å². The second kappa shape index (κ2) is 6.44. The van der Waals surface area contributed by atoms with Crippen LogP contribution in [0, 0.1) is 0 Å². The van der Waals surface area contributed by atoms with E-state index < -0.39 is 0 Å². The van der Waals surface area contributed by atoms with Gasteiger partial charge in [-0.05, 0) is 31.7 Å². The van der Waals surface area contributed by atoms with Crippen LogP contribution < -0.4 is 0 Å². The SMILES string of the molecule is CCCn1nc2cnc3ccccc3c2c1CCCCCl. The predicted octanol–water partition coefficient (Wildman–Crippen LogP) is 4.56. The zero-order valence-corrected chi connectivity index (χ0v) is 13.1. The molecule has 0 amide bonds. The van der Waals surface area contributed by atoms with E-state index in [-0.39, 0.29) is 0 Å². The molecular weight excluding hydrogens is 282 g/mol. The fourth-order valence-corrected chi connectivity index (χ4v) is 3.06. The van der Waals surface area contributed by atoms with Gasteiger partial charge in [0.1, 0.15) is 5.52 Å². The van der Waals surface area contributed by atoms with Crippen LogP contribution in [-0.4, -0.2) is 20.6 Å². The van der Waals surface area contributed by atoms with Crippen molar-refractivity contribution in [2.45, 2.75) is 39.2 Å². The highest BCUT2D eigenvalue weighted by molar-refractivity contribution is 6.17. The molecule has 0 unspecified atom stereocenters. The van der Waals surface area contributed by atoms with Gasteiger partial charge in [0.15, 0.2) is 0 Å². The number of aromatic nitrogens is 3. The lowest BCUT2D eigenvalue weighted by molar-refractivity contribution is 0.571. The molecule has 21 heavy (non-hydrogen) atoms. The summed E-state index contributed by atoms with van der Waals surface area (Å²) < 4.78 is 2.16. The van der Waals surface area contributed by atoms with Gasteiger partial charge >= 0.3 is 0 Å². The van der Waals surface area contributed by atoms with E-state index in [1.54, 1.807) is 0 Å². The van der Waals surface area contributed by atoms with E-state index in [0.29, 0.717) is 0 Å². The van der Waals surface area contributed by atoms with E-state index in [0.717, 1.165) is 49.1 Å². The van der Waals surface area contributed by atoms with Gasteiger partial charge < -0.3 is 0 Å². The average Bonchev–Trinajstić information content (AvgIpc) is 2.86. The van der Waals surface area contributed by atoms with Crippen molar-refractivity contribution in [1.82, 2.24) is 14.8 Å². The summed E-state index contributed by atoms with van der Waals surface area (Å²) in [6, 6.07) is 8.32. The Kier molecular flexibility index (Phi) is 4.39. The van der Waals surface area contributed by atoms with Gasteiger partial charge in [-0.1, -0.05) is 25.1 Å². The first-order valence-corrected chi connectivity index (χ1v) is 8.17. The van der Waals surface area contributed by atoms with E-state index in [4.69, 9.17) is 16.7 Å². The molecule has 0 N–H and O–H groups in total. The number of alkyl halides is 1. The smallest absolute Gasteiger partial charge is 0.112 e. The molecule has 3 nitrogen and oxygen atoms in total. The number of halogens is 1. The lowest BCUT2D eigenvalue weighted by Gasteiger charge is -2.07. The Balaban J connectivity index is 2.17. The van der Waals surface area contributed by atoms with Gasteiger partial charge in [-0.15, -0.1) is 11.6 Å². The normalized spacial score (nSPS) is 11.5. The second-order valence-electron chi connectivity index (χ2n) is 5.35. The Morgan fingerprint density at radius 2 is 2.00 bits per heavy atom. The molecule has 3 rings (SSSR count). The van der Waals surface area contributed by atoms with E-state index in [9.17, 15) is 0 Å². The van der Waals surface area contributed by atoms with Crippen molar-refractivity contribution in [3.8, 4) is 0 Å². The van der Waals surface area contributed by atoms with Gasteiger partial charge in [0, 0.05) is 28.9 Å². The summed E-state index contributed by atoms with van der Waals surface area (Å²) in [6.45, 7) is 3.14. The van der Waals surface area contributed by atoms with Crippen LogP contribution in [0.1, 0.15) is 31.9 Å². The highest BCUT2D eigenvalue weighted by atomic mass is 35.5. The largest absolute Gasteiger partial charge is 0.268 e. The maximum Gasteiger partial charge on any atom is 0.112 e. The number of pyridine rings is 1. The molecular formula is C17H20ClN3. The van der Waals surface area contributed by atoms with Crippen LogP contribution in [0.2, 0.25) is 0 Å². The fraction of sp³-hybridized carbons (Fsp3) is 0.412. The summed E-state index contributed by atoms with van der Waals surface area (Å²) in [5, 5.41) is 7.23. The molecule has 0 fully saturated rings. The van der Waals surface area contributed by atoms with Gasteiger partial charge in [-0.3, -0.25) is 9.67 Å². The number of aryl methyl sites for hydroxylation is 2. The monoisotopic (exact) mass is 301 g/mol. The number of nitrogens with zero attached hydrogens (tertiary/aromatic N) is 3. The molecule has 3 aromatic rings. The minimum Gasteiger partial charge on any atom is -0.268 e. The maximum absolute atomic E-state index is 5.82. The summed E-state index contributed by atoms with van der Waals surface area (Å²) >= 11 is 5.82.